The lowest BCUT2D eigenvalue weighted by Gasteiger charge is -2.05. The summed E-state index contributed by atoms with van der Waals surface area (Å²) >= 11 is 1.62. The summed E-state index contributed by atoms with van der Waals surface area (Å²) in [5.74, 6) is -1.16. The van der Waals surface area contributed by atoms with E-state index in [4.69, 9.17) is 0 Å². The maximum atomic E-state index is 12.1. The van der Waals surface area contributed by atoms with Crippen LogP contribution in [0, 0.1) is 0 Å². The highest BCUT2D eigenvalue weighted by atomic mass is 32.1. The van der Waals surface area contributed by atoms with E-state index >= 15 is 0 Å². The molecule has 6 nitrogen and oxygen atoms in total. The van der Waals surface area contributed by atoms with Gasteiger partial charge in [0, 0.05) is 23.9 Å². The number of thiazole rings is 1. The number of nitrogens with zero attached hydrogens (tertiary/aromatic N) is 1. The van der Waals surface area contributed by atoms with E-state index in [9.17, 15) is 14.4 Å². The van der Waals surface area contributed by atoms with E-state index < -0.39 is 11.8 Å². The van der Waals surface area contributed by atoms with Gasteiger partial charge in [0.05, 0.1) is 21.8 Å². The molecular formula is C16H15N3O3S. The van der Waals surface area contributed by atoms with Gasteiger partial charge in [-0.25, -0.2) is 4.98 Å². The topological polar surface area (TPSA) is 88.2 Å². The third-order valence-electron chi connectivity index (χ3n) is 3.57. The molecule has 2 aromatic rings. The summed E-state index contributed by atoms with van der Waals surface area (Å²) in [6.07, 6.45) is 1.57. The molecule has 3 rings (SSSR count). The second-order valence-electron chi connectivity index (χ2n) is 5.14. The van der Waals surface area contributed by atoms with Gasteiger partial charge in [-0.3, -0.25) is 19.7 Å². The van der Waals surface area contributed by atoms with Crippen molar-refractivity contribution < 1.29 is 14.4 Å². The highest BCUT2D eigenvalue weighted by Crippen LogP contribution is 2.17. The molecule has 0 unspecified atom stereocenters. The summed E-state index contributed by atoms with van der Waals surface area (Å²) in [5.41, 5.74) is 1.88. The Bertz CT molecular complexity index is 798. The van der Waals surface area contributed by atoms with Crippen molar-refractivity contribution >= 4 is 29.1 Å². The Hall–Kier alpha value is -2.54. The van der Waals surface area contributed by atoms with Gasteiger partial charge in [0.25, 0.3) is 17.7 Å². The van der Waals surface area contributed by atoms with Crippen LogP contribution in [0.4, 0.5) is 0 Å². The zero-order valence-corrected chi connectivity index (χ0v) is 13.3. The molecule has 0 spiro atoms. The monoisotopic (exact) mass is 329 g/mol. The van der Waals surface area contributed by atoms with Crippen LogP contribution in [0.25, 0.3) is 0 Å². The number of rotatable bonds is 5. The molecule has 2 heterocycles. The molecule has 1 aromatic heterocycles. The summed E-state index contributed by atoms with van der Waals surface area (Å²) in [7, 11) is 0. The van der Waals surface area contributed by atoms with Gasteiger partial charge in [0.1, 0.15) is 0 Å². The number of benzene rings is 1. The Morgan fingerprint density at radius 3 is 2.78 bits per heavy atom. The first-order chi connectivity index (χ1) is 11.1. The first-order valence-corrected chi connectivity index (χ1v) is 8.17. The van der Waals surface area contributed by atoms with Crippen LogP contribution in [0.5, 0.6) is 0 Å². The molecule has 23 heavy (non-hydrogen) atoms. The van der Waals surface area contributed by atoms with Crippen molar-refractivity contribution in [2.45, 2.75) is 19.8 Å². The van der Waals surface area contributed by atoms with Crippen LogP contribution in [-0.4, -0.2) is 29.3 Å². The van der Waals surface area contributed by atoms with Crippen molar-refractivity contribution in [1.29, 1.82) is 0 Å². The van der Waals surface area contributed by atoms with E-state index in [1.807, 2.05) is 5.38 Å². The lowest BCUT2D eigenvalue weighted by atomic mass is 10.1. The van der Waals surface area contributed by atoms with Crippen LogP contribution in [0.2, 0.25) is 0 Å². The van der Waals surface area contributed by atoms with Crippen LogP contribution >= 0.6 is 11.3 Å². The summed E-state index contributed by atoms with van der Waals surface area (Å²) in [4.78, 5) is 39.7. The van der Waals surface area contributed by atoms with Crippen molar-refractivity contribution in [3.05, 3.63) is 51.0 Å². The number of amides is 3. The van der Waals surface area contributed by atoms with Gasteiger partial charge >= 0.3 is 0 Å². The summed E-state index contributed by atoms with van der Waals surface area (Å²) < 4.78 is 0. The quantitative estimate of drug-likeness (QED) is 0.815. The zero-order valence-electron chi connectivity index (χ0n) is 12.5. The fourth-order valence-corrected chi connectivity index (χ4v) is 3.12. The van der Waals surface area contributed by atoms with Gasteiger partial charge in [-0.05, 0) is 24.6 Å². The van der Waals surface area contributed by atoms with Crippen LogP contribution in [0.1, 0.15) is 48.7 Å². The Labute approximate surface area is 136 Å². The van der Waals surface area contributed by atoms with Gasteiger partial charge in [-0.1, -0.05) is 6.92 Å². The Morgan fingerprint density at radius 1 is 1.26 bits per heavy atom. The minimum absolute atomic E-state index is 0.245. The van der Waals surface area contributed by atoms with Gasteiger partial charge in [-0.2, -0.15) is 0 Å². The zero-order chi connectivity index (χ0) is 16.4. The Balaban J connectivity index is 1.61. The number of hydrogen-bond acceptors (Lipinski definition) is 5. The highest BCUT2D eigenvalue weighted by Gasteiger charge is 2.27. The Kier molecular flexibility index (Phi) is 4.20. The molecular weight excluding hydrogens is 314 g/mol. The van der Waals surface area contributed by atoms with E-state index in [1.54, 1.807) is 17.4 Å². The minimum atomic E-state index is -0.464. The number of aryl methyl sites for hydroxylation is 1. The van der Waals surface area contributed by atoms with Gasteiger partial charge in [0.2, 0.25) is 0 Å². The van der Waals surface area contributed by atoms with Gasteiger partial charge < -0.3 is 5.32 Å². The first kappa shape index (κ1) is 15.4. The molecule has 0 saturated heterocycles. The van der Waals surface area contributed by atoms with Gasteiger partial charge in [-0.15, -0.1) is 11.3 Å². The number of carbonyl (C=O) groups is 3. The van der Waals surface area contributed by atoms with E-state index in [0.29, 0.717) is 24.1 Å². The molecule has 0 atom stereocenters. The number of fused-ring (bicyclic) bond motifs is 1. The molecule has 0 saturated carbocycles. The van der Waals surface area contributed by atoms with E-state index in [0.717, 1.165) is 17.1 Å². The van der Waals surface area contributed by atoms with Crippen LogP contribution in [0.3, 0.4) is 0 Å². The average molecular weight is 329 g/mol. The third kappa shape index (κ3) is 3.14. The van der Waals surface area contributed by atoms with E-state index in [-0.39, 0.29) is 11.5 Å². The number of aromatic nitrogens is 1. The largest absolute Gasteiger partial charge is 0.352 e. The fraction of sp³-hybridized carbons (Fsp3) is 0.250. The molecule has 0 radical (unpaired) electrons. The minimum Gasteiger partial charge on any atom is -0.352 e. The summed E-state index contributed by atoms with van der Waals surface area (Å²) in [6, 6.07) is 4.49. The predicted octanol–water partition coefficient (Wildman–Crippen LogP) is 1.56. The van der Waals surface area contributed by atoms with E-state index in [2.05, 4.69) is 22.5 Å². The van der Waals surface area contributed by atoms with Crippen molar-refractivity contribution in [3.63, 3.8) is 0 Å². The second-order valence-corrected chi connectivity index (χ2v) is 6.08. The molecule has 118 valence electrons. The second kappa shape index (κ2) is 6.29. The fourth-order valence-electron chi connectivity index (χ4n) is 2.34. The van der Waals surface area contributed by atoms with E-state index in [1.165, 1.54) is 12.1 Å². The maximum Gasteiger partial charge on any atom is 0.258 e. The summed E-state index contributed by atoms with van der Waals surface area (Å²) in [5, 5.41) is 8.09. The van der Waals surface area contributed by atoms with Crippen molar-refractivity contribution in [2.24, 2.45) is 0 Å². The molecule has 7 heteroatoms. The number of nitrogens with one attached hydrogen (secondary N) is 2. The smallest absolute Gasteiger partial charge is 0.258 e. The first-order valence-electron chi connectivity index (χ1n) is 7.29. The molecule has 0 aliphatic carbocycles. The van der Waals surface area contributed by atoms with Crippen LogP contribution in [0.15, 0.2) is 23.6 Å². The molecule has 1 aliphatic heterocycles. The molecule has 2 N–H and O–H groups in total. The SMILES string of the molecule is CCc1nc(CCNC(=O)c2ccc3c(c2)C(=O)NC3=O)cs1. The lowest BCUT2D eigenvalue weighted by Crippen LogP contribution is -2.26. The molecule has 1 aromatic carbocycles. The average Bonchev–Trinajstić information content (AvgIpc) is 3.12. The highest BCUT2D eigenvalue weighted by molar-refractivity contribution is 7.09. The maximum absolute atomic E-state index is 12.1. The predicted molar refractivity (Wildman–Crippen MR) is 85.8 cm³/mol. The van der Waals surface area contributed by atoms with Crippen LogP contribution < -0.4 is 10.6 Å². The molecule has 0 fully saturated rings. The standard InChI is InChI=1S/C16H15N3O3S/c1-2-13-18-10(8-23-13)5-6-17-14(20)9-3-4-11-12(7-9)16(22)19-15(11)21/h3-4,7-8H,2,5-6H2,1H3,(H,17,20)(H,19,21,22). The number of imide groups is 1. The van der Waals surface area contributed by atoms with Crippen molar-refractivity contribution in [2.75, 3.05) is 6.54 Å². The molecule has 0 bridgehead atoms. The Morgan fingerprint density at radius 2 is 2.04 bits per heavy atom. The molecule has 3 amide bonds. The normalized spacial score (nSPS) is 12.9. The third-order valence-corrected chi connectivity index (χ3v) is 4.61. The lowest BCUT2D eigenvalue weighted by molar-refractivity contribution is 0.0878. The number of hydrogen-bond donors (Lipinski definition) is 2. The van der Waals surface area contributed by atoms with Crippen LogP contribution in [-0.2, 0) is 12.8 Å². The van der Waals surface area contributed by atoms with Crippen molar-refractivity contribution in [3.8, 4) is 0 Å². The molecule has 1 aliphatic rings. The van der Waals surface area contributed by atoms with Gasteiger partial charge in [0.15, 0.2) is 0 Å². The summed E-state index contributed by atoms with van der Waals surface area (Å²) in [6.45, 7) is 2.52. The van der Waals surface area contributed by atoms with Crippen molar-refractivity contribution in [1.82, 2.24) is 15.6 Å². The number of carbonyl (C=O) groups excluding carboxylic acids is 3.